The maximum absolute atomic E-state index is 12.6. The molecule has 4 heteroatoms. The number of carbonyl (C=O) groups is 1. The van der Waals surface area contributed by atoms with Crippen molar-refractivity contribution in [3.8, 4) is 5.75 Å². The summed E-state index contributed by atoms with van der Waals surface area (Å²) in [6.45, 7) is 6.94. The topological polar surface area (TPSA) is 47.6 Å². The highest BCUT2D eigenvalue weighted by atomic mass is 16.5. The van der Waals surface area contributed by atoms with Crippen molar-refractivity contribution in [2.45, 2.75) is 32.7 Å². The molecule has 2 rings (SSSR count). The van der Waals surface area contributed by atoms with Crippen molar-refractivity contribution < 1.29 is 14.3 Å². The molecule has 116 valence electrons. The summed E-state index contributed by atoms with van der Waals surface area (Å²) in [5.74, 6) is 0.888. The van der Waals surface area contributed by atoms with Crippen molar-refractivity contribution >= 4 is 5.78 Å². The minimum absolute atomic E-state index is 0.0843. The Labute approximate surface area is 126 Å². The van der Waals surface area contributed by atoms with E-state index in [2.05, 4.69) is 19.2 Å². The summed E-state index contributed by atoms with van der Waals surface area (Å²) in [5.41, 5.74) is 0.734. The lowest BCUT2D eigenvalue weighted by Gasteiger charge is -2.18. The fourth-order valence-electron chi connectivity index (χ4n) is 2.49. The van der Waals surface area contributed by atoms with E-state index in [1.165, 1.54) is 0 Å². The van der Waals surface area contributed by atoms with Crippen LogP contribution < -0.4 is 10.1 Å². The molecular weight excluding hydrogens is 266 g/mol. The zero-order valence-electron chi connectivity index (χ0n) is 12.9. The third-order valence-electron chi connectivity index (χ3n) is 3.69. The molecule has 1 aliphatic heterocycles. The van der Waals surface area contributed by atoms with Gasteiger partial charge < -0.3 is 14.8 Å². The molecule has 1 aromatic carbocycles. The summed E-state index contributed by atoms with van der Waals surface area (Å²) in [6.07, 6.45) is 2.03. The van der Waals surface area contributed by atoms with E-state index in [1.807, 2.05) is 24.3 Å². The van der Waals surface area contributed by atoms with Gasteiger partial charge in [-0.3, -0.25) is 4.79 Å². The molecule has 2 unspecified atom stereocenters. The van der Waals surface area contributed by atoms with E-state index < -0.39 is 0 Å². The lowest BCUT2D eigenvalue weighted by Crippen LogP contribution is -2.39. The molecule has 21 heavy (non-hydrogen) atoms. The highest BCUT2D eigenvalue weighted by Crippen LogP contribution is 2.21. The number of carbonyl (C=O) groups excluding carboxylic acids is 1. The first-order valence-corrected chi connectivity index (χ1v) is 7.84. The first-order valence-electron chi connectivity index (χ1n) is 7.84. The van der Waals surface area contributed by atoms with Gasteiger partial charge in [0.25, 0.3) is 0 Å². The molecule has 0 saturated carbocycles. The molecule has 1 aromatic rings. The van der Waals surface area contributed by atoms with Gasteiger partial charge in [-0.2, -0.15) is 0 Å². The third kappa shape index (κ3) is 4.29. The Morgan fingerprint density at radius 3 is 2.67 bits per heavy atom. The van der Waals surface area contributed by atoms with Crippen molar-refractivity contribution in [2.24, 2.45) is 5.92 Å². The van der Waals surface area contributed by atoms with Gasteiger partial charge in [-0.1, -0.05) is 13.8 Å². The van der Waals surface area contributed by atoms with E-state index >= 15 is 0 Å². The minimum Gasteiger partial charge on any atom is -0.494 e. The van der Waals surface area contributed by atoms with E-state index in [0.29, 0.717) is 19.8 Å². The highest BCUT2D eigenvalue weighted by molar-refractivity contribution is 5.98. The Bertz CT molecular complexity index is 444. The monoisotopic (exact) mass is 291 g/mol. The lowest BCUT2D eigenvalue weighted by molar-refractivity contribution is 0.0891. The van der Waals surface area contributed by atoms with Crippen LogP contribution in [0.3, 0.4) is 0 Å². The number of hydrogen-bond donors (Lipinski definition) is 1. The van der Waals surface area contributed by atoms with Gasteiger partial charge in [-0.25, -0.2) is 0 Å². The zero-order valence-corrected chi connectivity index (χ0v) is 12.9. The van der Waals surface area contributed by atoms with Crippen LogP contribution in [-0.2, 0) is 4.74 Å². The van der Waals surface area contributed by atoms with Crippen LogP contribution in [0, 0.1) is 5.92 Å². The molecule has 0 radical (unpaired) electrons. The minimum atomic E-state index is -0.0843. The largest absolute Gasteiger partial charge is 0.494 e. The Morgan fingerprint density at radius 1 is 1.24 bits per heavy atom. The van der Waals surface area contributed by atoms with Gasteiger partial charge in [0.1, 0.15) is 5.75 Å². The van der Waals surface area contributed by atoms with E-state index in [4.69, 9.17) is 9.47 Å². The summed E-state index contributed by atoms with van der Waals surface area (Å²) >= 11 is 0. The molecule has 1 fully saturated rings. The van der Waals surface area contributed by atoms with Crippen LogP contribution in [0.1, 0.15) is 37.0 Å². The van der Waals surface area contributed by atoms with Crippen LogP contribution in [-0.4, -0.2) is 38.2 Å². The van der Waals surface area contributed by atoms with Crippen LogP contribution in [0.2, 0.25) is 0 Å². The Hall–Kier alpha value is -1.39. The van der Waals surface area contributed by atoms with Gasteiger partial charge >= 0.3 is 0 Å². The summed E-state index contributed by atoms with van der Waals surface area (Å²) in [7, 11) is 0. The standard InChI is InChI=1S/C17H25NO3/c1-3-9-18-16-12-20-11-15(16)17(19)13-5-7-14(8-6-13)21-10-4-2/h5-8,15-16,18H,3-4,9-12H2,1-2H3. The van der Waals surface area contributed by atoms with E-state index in [1.54, 1.807) is 0 Å². The number of rotatable bonds is 8. The van der Waals surface area contributed by atoms with Crippen molar-refractivity contribution in [1.82, 2.24) is 5.32 Å². The zero-order chi connectivity index (χ0) is 15.1. The van der Waals surface area contributed by atoms with E-state index in [0.717, 1.165) is 30.7 Å². The quantitative estimate of drug-likeness (QED) is 0.748. The van der Waals surface area contributed by atoms with Gasteiger partial charge in [-0.15, -0.1) is 0 Å². The van der Waals surface area contributed by atoms with Gasteiger partial charge in [0, 0.05) is 11.6 Å². The molecule has 2 atom stereocenters. The van der Waals surface area contributed by atoms with E-state index in [-0.39, 0.29) is 17.7 Å². The molecule has 1 saturated heterocycles. The molecule has 0 spiro atoms. The van der Waals surface area contributed by atoms with E-state index in [9.17, 15) is 4.79 Å². The van der Waals surface area contributed by atoms with Crippen molar-refractivity contribution in [3.63, 3.8) is 0 Å². The molecule has 1 N–H and O–H groups in total. The highest BCUT2D eigenvalue weighted by Gasteiger charge is 2.33. The molecule has 0 amide bonds. The number of benzene rings is 1. The van der Waals surface area contributed by atoms with Crippen molar-refractivity contribution in [3.05, 3.63) is 29.8 Å². The molecular formula is C17H25NO3. The first kappa shape index (κ1) is 16.0. The first-order chi connectivity index (χ1) is 10.3. The predicted octanol–water partition coefficient (Wildman–Crippen LogP) is 2.67. The fourth-order valence-corrected chi connectivity index (χ4v) is 2.49. The number of Topliss-reactive ketones (excluding diaryl/α,β-unsaturated/α-hetero) is 1. The van der Waals surface area contributed by atoms with Gasteiger partial charge in [0.15, 0.2) is 5.78 Å². The molecule has 4 nitrogen and oxygen atoms in total. The molecule has 1 heterocycles. The Kier molecular flexibility index (Phi) is 6.21. The summed E-state index contributed by atoms with van der Waals surface area (Å²) in [5, 5.41) is 3.40. The van der Waals surface area contributed by atoms with Crippen LogP contribution >= 0.6 is 0 Å². The smallest absolute Gasteiger partial charge is 0.169 e. The van der Waals surface area contributed by atoms with Gasteiger partial charge in [0.05, 0.1) is 25.7 Å². The molecule has 1 aliphatic rings. The molecule has 0 bridgehead atoms. The maximum Gasteiger partial charge on any atom is 0.169 e. The van der Waals surface area contributed by atoms with Crippen LogP contribution in [0.25, 0.3) is 0 Å². The number of hydrogen-bond acceptors (Lipinski definition) is 4. The maximum atomic E-state index is 12.6. The second kappa shape index (κ2) is 8.15. The van der Waals surface area contributed by atoms with Gasteiger partial charge in [-0.05, 0) is 43.7 Å². The van der Waals surface area contributed by atoms with Crippen LogP contribution in [0.4, 0.5) is 0 Å². The predicted molar refractivity (Wildman–Crippen MR) is 82.9 cm³/mol. The third-order valence-corrected chi connectivity index (χ3v) is 3.69. The van der Waals surface area contributed by atoms with Crippen LogP contribution in [0.15, 0.2) is 24.3 Å². The Balaban J connectivity index is 1.98. The molecule has 0 aliphatic carbocycles. The SMILES string of the molecule is CCCNC1COCC1C(=O)c1ccc(OCCC)cc1. The summed E-state index contributed by atoms with van der Waals surface area (Å²) in [4.78, 5) is 12.6. The van der Waals surface area contributed by atoms with Crippen LogP contribution in [0.5, 0.6) is 5.75 Å². The normalized spacial score (nSPS) is 21.4. The Morgan fingerprint density at radius 2 is 2.00 bits per heavy atom. The second-order valence-corrected chi connectivity index (χ2v) is 5.44. The summed E-state index contributed by atoms with van der Waals surface area (Å²) < 4.78 is 11.0. The van der Waals surface area contributed by atoms with Crippen molar-refractivity contribution in [1.29, 1.82) is 0 Å². The average Bonchev–Trinajstić information content (AvgIpc) is 2.99. The number of nitrogens with one attached hydrogen (secondary N) is 1. The lowest BCUT2D eigenvalue weighted by atomic mass is 9.93. The van der Waals surface area contributed by atoms with Gasteiger partial charge in [0.2, 0.25) is 0 Å². The number of ether oxygens (including phenoxy) is 2. The fraction of sp³-hybridized carbons (Fsp3) is 0.588. The number of ketones is 1. The average molecular weight is 291 g/mol. The molecule has 0 aromatic heterocycles. The summed E-state index contributed by atoms with van der Waals surface area (Å²) in [6, 6.07) is 7.57. The second-order valence-electron chi connectivity index (χ2n) is 5.44. The van der Waals surface area contributed by atoms with Crippen molar-refractivity contribution in [2.75, 3.05) is 26.4 Å².